The van der Waals surface area contributed by atoms with Crippen LogP contribution in [-0.2, 0) is 4.79 Å². The lowest BCUT2D eigenvalue weighted by Gasteiger charge is -1.92. The largest absolute Gasteiger partial charge is 0.477 e. The molecule has 0 rings (SSSR count). The number of carboxylic acids is 1. The van der Waals surface area contributed by atoms with E-state index in [9.17, 15) is 4.79 Å². The van der Waals surface area contributed by atoms with Crippen LogP contribution in [0.25, 0.3) is 0 Å². The molecule has 0 aromatic carbocycles. The first kappa shape index (κ1) is 8.97. The van der Waals surface area contributed by atoms with Crippen LogP contribution < -0.4 is 11.5 Å². The van der Waals surface area contributed by atoms with Crippen molar-refractivity contribution < 1.29 is 9.90 Å². The van der Waals surface area contributed by atoms with Crippen LogP contribution in [0.2, 0.25) is 0 Å². The van der Waals surface area contributed by atoms with E-state index in [-0.39, 0.29) is 5.70 Å². The summed E-state index contributed by atoms with van der Waals surface area (Å²) in [6.45, 7) is 0.559. The number of carbonyl (C=O) groups is 1. The molecule has 0 radical (unpaired) electrons. The van der Waals surface area contributed by atoms with E-state index in [0.29, 0.717) is 13.0 Å². The van der Waals surface area contributed by atoms with Gasteiger partial charge in [-0.3, -0.25) is 0 Å². The van der Waals surface area contributed by atoms with Crippen LogP contribution >= 0.6 is 0 Å². The Morgan fingerprint density at radius 3 is 2.60 bits per heavy atom. The molecule has 0 unspecified atom stereocenters. The molecule has 0 aromatic heterocycles. The quantitative estimate of drug-likeness (QED) is 0.371. The van der Waals surface area contributed by atoms with Crippen molar-refractivity contribution in [2.75, 3.05) is 6.54 Å². The Balaban J connectivity index is 3.58. The fraction of sp³-hybridized carbons (Fsp3) is 0.500. The van der Waals surface area contributed by atoms with Gasteiger partial charge < -0.3 is 16.6 Å². The second-order valence-electron chi connectivity index (χ2n) is 1.90. The minimum absolute atomic E-state index is 0.103. The molecule has 0 aliphatic rings. The summed E-state index contributed by atoms with van der Waals surface area (Å²) in [5, 5.41) is 8.26. The summed E-state index contributed by atoms with van der Waals surface area (Å²) in [5.41, 5.74) is 10.1. The SMILES string of the molecule is NCCCC=C(N)C(=O)O. The number of allylic oxidation sites excluding steroid dienone is 1. The van der Waals surface area contributed by atoms with Gasteiger partial charge in [-0.25, -0.2) is 4.79 Å². The molecule has 4 nitrogen and oxygen atoms in total. The summed E-state index contributed by atoms with van der Waals surface area (Å²) in [4.78, 5) is 10.1. The van der Waals surface area contributed by atoms with Crippen LogP contribution in [0.4, 0.5) is 0 Å². The highest BCUT2D eigenvalue weighted by Gasteiger charge is 1.97. The number of nitrogens with two attached hydrogens (primary N) is 2. The normalized spacial score (nSPS) is 11.5. The van der Waals surface area contributed by atoms with Gasteiger partial charge in [-0.15, -0.1) is 0 Å². The molecule has 0 aliphatic heterocycles. The standard InChI is InChI=1S/C6H12N2O2/c7-4-2-1-3-5(8)6(9)10/h3H,1-2,4,7-8H2,(H,9,10). The van der Waals surface area contributed by atoms with Gasteiger partial charge in [-0.2, -0.15) is 0 Å². The minimum atomic E-state index is -1.07. The molecular formula is C6H12N2O2. The lowest BCUT2D eigenvalue weighted by molar-refractivity contribution is -0.132. The topological polar surface area (TPSA) is 89.3 Å². The summed E-state index contributed by atoms with van der Waals surface area (Å²) in [6, 6.07) is 0. The Morgan fingerprint density at radius 1 is 1.60 bits per heavy atom. The van der Waals surface area contributed by atoms with Crippen LogP contribution in [0, 0.1) is 0 Å². The van der Waals surface area contributed by atoms with E-state index >= 15 is 0 Å². The van der Waals surface area contributed by atoms with Crippen molar-refractivity contribution >= 4 is 5.97 Å². The molecule has 0 aromatic rings. The van der Waals surface area contributed by atoms with E-state index in [2.05, 4.69) is 0 Å². The van der Waals surface area contributed by atoms with Crippen molar-refractivity contribution in [3.8, 4) is 0 Å². The van der Waals surface area contributed by atoms with Gasteiger partial charge in [0.1, 0.15) is 5.70 Å². The Bertz CT molecular complexity index is 143. The maximum Gasteiger partial charge on any atom is 0.351 e. The molecule has 0 amide bonds. The Kier molecular flexibility index (Phi) is 4.32. The third-order valence-electron chi connectivity index (χ3n) is 1.02. The van der Waals surface area contributed by atoms with Gasteiger partial charge >= 0.3 is 5.97 Å². The van der Waals surface area contributed by atoms with Gasteiger partial charge in [0.05, 0.1) is 0 Å². The minimum Gasteiger partial charge on any atom is -0.477 e. The highest BCUT2D eigenvalue weighted by Crippen LogP contribution is 1.91. The molecule has 0 bridgehead atoms. The zero-order chi connectivity index (χ0) is 7.98. The first-order valence-electron chi connectivity index (χ1n) is 3.07. The monoisotopic (exact) mass is 144 g/mol. The predicted octanol–water partition coefficient (Wildman–Crippen LogP) is -0.347. The van der Waals surface area contributed by atoms with Crippen LogP contribution in [0.15, 0.2) is 11.8 Å². The van der Waals surface area contributed by atoms with Gasteiger partial charge in [-0.1, -0.05) is 6.08 Å². The average molecular weight is 144 g/mol. The number of hydrogen-bond acceptors (Lipinski definition) is 3. The van der Waals surface area contributed by atoms with Gasteiger partial charge in [0.25, 0.3) is 0 Å². The van der Waals surface area contributed by atoms with Gasteiger partial charge in [0.15, 0.2) is 0 Å². The third kappa shape index (κ3) is 3.91. The molecule has 0 spiro atoms. The number of hydrogen-bond donors (Lipinski definition) is 3. The second-order valence-corrected chi connectivity index (χ2v) is 1.90. The molecule has 0 saturated carbocycles. The number of carboxylic acid groups (broad SMARTS) is 1. The van der Waals surface area contributed by atoms with Gasteiger partial charge in [0, 0.05) is 0 Å². The molecule has 58 valence electrons. The van der Waals surface area contributed by atoms with Crippen molar-refractivity contribution in [2.24, 2.45) is 11.5 Å². The molecule has 0 aliphatic carbocycles. The number of aliphatic carboxylic acids is 1. The summed E-state index contributed by atoms with van der Waals surface area (Å²) < 4.78 is 0. The molecule has 4 heteroatoms. The van der Waals surface area contributed by atoms with E-state index < -0.39 is 5.97 Å². The second kappa shape index (κ2) is 4.81. The smallest absolute Gasteiger partial charge is 0.351 e. The van der Waals surface area contributed by atoms with Gasteiger partial charge in [-0.05, 0) is 19.4 Å². The lowest BCUT2D eigenvalue weighted by atomic mass is 10.2. The predicted molar refractivity (Wildman–Crippen MR) is 38.2 cm³/mol. The van der Waals surface area contributed by atoms with Crippen LogP contribution in [0.5, 0.6) is 0 Å². The zero-order valence-electron chi connectivity index (χ0n) is 5.71. The summed E-state index contributed by atoms with van der Waals surface area (Å²) in [6.07, 6.45) is 2.87. The fourth-order valence-corrected chi connectivity index (χ4v) is 0.463. The first-order valence-corrected chi connectivity index (χ1v) is 3.07. The van der Waals surface area contributed by atoms with E-state index in [0.717, 1.165) is 6.42 Å². The van der Waals surface area contributed by atoms with Crippen molar-refractivity contribution in [2.45, 2.75) is 12.8 Å². The Hall–Kier alpha value is -1.03. The average Bonchev–Trinajstić information content (AvgIpc) is 1.88. The van der Waals surface area contributed by atoms with Crippen molar-refractivity contribution in [1.82, 2.24) is 0 Å². The van der Waals surface area contributed by atoms with Crippen LogP contribution in [-0.4, -0.2) is 17.6 Å². The van der Waals surface area contributed by atoms with E-state index in [1.807, 2.05) is 0 Å². The third-order valence-corrected chi connectivity index (χ3v) is 1.02. The molecular weight excluding hydrogens is 132 g/mol. The van der Waals surface area contributed by atoms with Crippen molar-refractivity contribution in [3.63, 3.8) is 0 Å². The molecule has 0 atom stereocenters. The first-order chi connectivity index (χ1) is 4.68. The van der Waals surface area contributed by atoms with Gasteiger partial charge in [0.2, 0.25) is 0 Å². The molecule has 0 saturated heterocycles. The fourth-order valence-electron chi connectivity index (χ4n) is 0.463. The zero-order valence-corrected chi connectivity index (χ0v) is 5.71. The lowest BCUT2D eigenvalue weighted by Crippen LogP contribution is -2.09. The molecule has 0 heterocycles. The van der Waals surface area contributed by atoms with Crippen molar-refractivity contribution in [1.29, 1.82) is 0 Å². The van der Waals surface area contributed by atoms with Crippen LogP contribution in [0.3, 0.4) is 0 Å². The molecule has 0 fully saturated rings. The maximum absolute atomic E-state index is 10.1. The highest BCUT2D eigenvalue weighted by atomic mass is 16.4. The number of unbranched alkanes of at least 4 members (excludes halogenated alkanes) is 1. The number of rotatable bonds is 4. The summed E-state index contributed by atoms with van der Waals surface area (Å²) in [7, 11) is 0. The van der Waals surface area contributed by atoms with E-state index in [1.165, 1.54) is 6.08 Å². The van der Waals surface area contributed by atoms with E-state index in [1.54, 1.807) is 0 Å². The van der Waals surface area contributed by atoms with Crippen LogP contribution in [0.1, 0.15) is 12.8 Å². The molecule has 5 N–H and O–H groups in total. The summed E-state index contributed by atoms with van der Waals surface area (Å²) >= 11 is 0. The highest BCUT2D eigenvalue weighted by molar-refractivity contribution is 5.85. The summed E-state index contributed by atoms with van der Waals surface area (Å²) in [5.74, 6) is -1.07. The maximum atomic E-state index is 10.1. The molecule has 10 heavy (non-hydrogen) atoms. The Labute approximate surface area is 59.5 Å². The Morgan fingerprint density at radius 2 is 2.20 bits per heavy atom. The van der Waals surface area contributed by atoms with Crippen molar-refractivity contribution in [3.05, 3.63) is 11.8 Å². The van der Waals surface area contributed by atoms with E-state index in [4.69, 9.17) is 16.6 Å².